The number of nitrogens with one attached hydrogen (secondary N) is 2. The highest BCUT2D eigenvalue weighted by Gasteiger charge is 2.15. The molecule has 0 aliphatic heterocycles. The first kappa shape index (κ1) is 14.6. The van der Waals surface area contributed by atoms with E-state index in [4.69, 9.17) is 4.74 Å². The van der Waals surface area contributed by atoms with Crippen LogP contribution in [0.2, 0.25) is 0 Å². The van der Waals surface area contributed by atoms with Crippen LogP contribution in [0.3, 0.4) is 0 Å². The first-order valence-electron chi connectivity index (χ1n) is 6.23. The molecule has 1 aromatic carbocycles. The molecular weight excluding hydrogens is 322 g/mol. The van der Waals surface area contributed by atoms with Crippen LogP contribution in [0.25, 0.3) is 0 Å². The SMILES string of the molecule is COc1ccccc1C(C)CNC(=O)c1[nH]ncc1Br. The number of carbonyl (C=O) groups excluding carboxylic acids is 1. The summed E-state index contributed by atoms with van der Waals surface area (Å²) in [5, 5.41) is 9.34. The van der Waals surface area contributed by atoms with Gasteiger partial charge in [-0.15, -0.1) is 0 Å². The van der Waals surface area contributed by atoms with E-state index in [1.54, 1.807) is 13.3 Å². The molecule has 0 saturated heterocycles. The Labute approximate surface area is 125 Å². The first-order valence-corrected chi connectivity index (χ1v) is 7.02. The molecule has 0 aliphatic rings. The molecule has 0 fully saturated rings. The molecule has 0 bridgehead atoms. The van der Waals surface area contributed by atoms with Crippen LogP contribution in [0.5, 0.6) is 5.75 Å². The average Bonchev–Trinajstić information content (AvgIpc) is 2.90. The number of amides is 1. The minimum absolute atomic E-state index is 0.150. The van der Waals surface area contributed by atoms with Crippen molar-refractivity contribution in [3.8, 4) is 5.75 Å². The Morgan fingerprint density at radius 3 is 2.90 bits per heavy atom. The molecule has 6 heteroatoms. The fourth-order valence-corrected chi connectivity index (χ4v) is 2.32. The number of rotatable bonds is 5. The van der Waals surface area contributed by atoms with E-state index in [2.05, 4.69) is 31.4 Å². The van der Waals surface area contributed by atoms with Crippen LogP contribution in [-0.4, -0.2) is 29.8 Å². The zero-order valence-corrected chi connectivity index (χ0v) is 12.9. The Morgan fingerprint density at radius 2 is 2.25 bits per heavy atom. The molecule has 1 unspecified atom stereocenters. The molecule has 1 atom stereocenters. The topological polar surface area (TPSA) is 67.0 Å². The molecule has 0 radical (unpaired) electrons. The van der Waals surface area contributed by atoms with Gasteiger partial charge in [-0.25, -0.2) is 0 Å². The molecule has 1 aromatic heterocycles. The summed E-state index contributed by atoms with van der Waals surface area (Å²) in [6, 6.07) is 7.80. The van der Waals surface area contributed by atoms with Crippen LogP contribution < -0.4 is 10.1 Å². The van der Waals surface area contributed by atoms with E-state index >= 15 is 0 Å². The predicted octanol–water partition coefficient (Wildman–Crippen LogP) is 2.71. The third-order valence-electron chi connectivity index (χ3n) is 3.06. The van der Waals surface area contributed by atoms with E-state index in [0.29, 0.717) is 16.7 Å². The summed E-state index contributed by atoms with van der Waals surface area (Å²) >= 11 is 3.27. The van der Waals surface area contributed by atoms with Crippen LogP contribution in [-0.2, 0) is 0 Å². The number of halogens is 1. The summed E-state index contributed by atoms with van der Waals surface area (Å²) in [5.74, 6) is 0.796. The second kappa shape index (κ2) is 6.56. The van der Waals surface area contributed by atoms with Crippen LogP contribution >= 0.6 is 15.9 Å². The van der Waals surface area contributed by atoms with Gasteiger partial charge in [0.1, 0.15) is 11.4 Å². The molecule has 0 spiro atoms. The standard InChI is InChI=1S/C14H16BrN3O2/c1-9(10-5-3-4-6-12(10)20-2)7-16-14(19)13-11(15)8-17-18-13/h3-6,8-9H,7H2,1-2H3,(H,16,19)(H,17,18). The smallest absolute Gasteiger partial charge is 0.270 e. The minimum atomic E-state index is -0.184. The number of H-pyrrole nitrogens is 1. The second-order valence-corrected chi connectivity index (χ2v) is 5.30. The molecule has 20 heavy (non-hydrogen) atoms. The van der Waals surface area contributed by atoms with E-state index in [1.807, 2.05) is 31.2 Å². The lowest BCUT2D eigenvalue weighted by atomic mass is 10.00. The van der Waals surface area contributed by atoms with E-state index < -0.39 is 0 Å². The van der Waals surface area contributed by atoms with Crippen molar-refractivity contribution in [2.24, 2.45) is 0 Å². The van der Waals surface area contributed by atoms with Gasteiger partial charge in [0.25, 0.3) is 5.91 Å². The van der Waals surface area contributed by atoms with E-state index in [0.717, 1.165) is 11.3 Å². The van der Waals surface area contributed by atoms with Gasteiger partial charge in [0.05, 0.1) is 17.8 Å². The molecule has 0 aliphatic carbocycles. The van der Waals surface area contributed by atoms with Gasteiger partial charge in [0, 0.05) is 12.5 Å². The monoisotopic (exact) mass is 337 g/mol. The van der Waals surface area contributed by atoms with Gasteiger partial charge in [-0.2, -0.15) is 5.10 Å². The zero-order chi connectivity index (χ0) is 14.5. The Balaban J connectivity index is 2.00. The predicted molar refractivity (Wildman–Crippen MR) is 80.0 cm³/mol. The Bertz CT molecular complexity index is 598. The van der Waals surface area contributed by atoms with Crippen LogP contribution in [0.4, 0.5) is 0 Å². The number of ether oxygens (including phenoxy) is 1. The molecule has 2 rings (SSSR count). The van der Waals surface area contributed by atoms with Crippen molar-refractivity contribution in [2.45, 2.75) is 12.8 Å². The zero-order valence-electron chi connectivity index (χ0n) is 11.3. The number of hydrogen-bond donors (Lipinski definition) is 2. The fourth-order valence-electron chi connectivity index (χ4n) is 1.95. The van der Waals surface area contributed by atoms with Crippen molar-refractivity contribution in [3.05, 3.63) is 46.2 Å². The van der Waals surface area contributed by atoms with E-state index in [9.17, 15) is 4.79 Å². The van der Waals surface area contributed by atoms with Crippen molar-refractivity contribution in [1.82, 2.24) is 15.5 Å². The molecule has 2 aromatic rings. The molecule has 2 N–H and O–H groups in total. The number of aromatic nitrogens is 2. The normalized spacial score (nSPS) is 11.9. The number of nitrogens with zero attached hydrogens (tertiary/aromatic N) is 1. The van der Waals surface area contributed by atoms with Gasteiger partial charge in [0.2, 0.25) is 0 Å². The highest BCUT2D eigenvalue weighted by molar-refractivity contribution is 9.10. The Kier molecular flexibility index (Phi) is 4.79. The summed E-state index contributed by atoms with van der Waals surface area (Å²) in [4.78, 5) is 12.0. The van der Waals surface area contributed by atoms with Gasteiger partial charge < -0.3 is 10.1 Å². The van der Waals surface area contributed by atoms with E-state index in [1.165, 1.54) is 0 Å². The van der Waals surface area contributed by atoms with Gasteiger partial charge in [-0.3, -0.25) is 9.89 Å². The van der Waals surface area contributed by atoms with Gasteiger partial charge in [-0.1, -0.05) is 25.1 Å². The van der Waals surface area contributed by atoms with Gasteiger partial charge in [-0.05, 0) is 27.6 Å². The quantitative estimate of drug-likeness (QED) is 0.881. The highest BCUT2D eigenvalue weighted by atomic mass is 79.9. The van der Waals surface area contributed by atoms with Gasteiger partial charge >= 0.3 is 0 Å². The van der Waals surface area contributed by atoms with Crippen molar-refractivity contribution in [1.29, 1.82) is 0 Å². The molecule has 5 nitrogen and oxygen atoms in total. The Hall–Kier alpha value is -1.82. The van der Waals surface area contributed by atoms with Crippen molar-refractivity contribution < 1.29 is 9.53 Å². The summed E-state index contributed by atoms with van der Waals surface area (Å²) in [6.45, 7) is 2.56. The maximum Gasteiger partial charge on any atom is 0.270 e. The largest absolute Gasteiger partial charge is 0.496 e. The fraction of sp³-hybridized carbons (Fsp3) is 0.286. The summed E-state index contributed by atoms with van der Waals surface area (Å²) < 4.78 is 5.98. The number of benzene rings is 1. The molecule has 0 saturated carbocycles. The summed E-state index contributed by atoms with van der Waals surface area (Å²) in [7, 11) is 1.64. The van der Waals surface area contributed by atoms with Crippen LogP contribution in [0.1, 0.15) is 28.9 Å². The van der Waals surface area contributed by atoms with Crippen molar-refractivity contribution in [3.63, 3.8) is 0 Å². The highest BCUT2D eigenvalue weighted by Crippen LogP contribution is 2.25. The lowest BCUT2D eigenvalue weighted by Crippen LogP contribution is -2.28. The lowest BCUT2D eigenvalue weighted by Gasteiger charge is -2.16. The first-order chi connectivity index (χ1) is 9.63. The third kappa shape index (κ3) is 3.19. The molecule has 106 valence electrons. The van der Waals surface area contributed by atoms with Crippen LogP contribution in [0, 0.1) is 0 Å². The van der Waals surface area contributed by atoms with Crippen molar-refractivity contribution in [2.75, 3.05) is 13.7 Å². The molecule has 1 heterocycles. The summed E-state index contributed by atoms with van der Waals surface area (Å²) in [5.41, 5.74) is 1.50. The average molecular weight is 338 g/mol. The lowest BCUT2D eigenvalue weighted by molar-refractivity contribution is 0.0945. The minimum Gasteiger partial charge on any atom is -0.496 e. The number of hydrogen-bond acceptors (Lipinski definition) is 3. The second-order valence-electron chi connectivity index (χ2n) is 4.45. The summed E-state index contributed by atoms with van der Waals surface area (Å²) in [6.07, 6.45) is 1.55. The number of aromatic amines is 1. The maximum absolute atomic E-state index is 12.0. The van der Waals surface area contributed by atoms with Gasteiger partial charge in [0.15, 0.2) is 0 Å². The molecular formula is C14H16BrN3O2. The Morgan fingerprint density at radius 1 is 1.50 bits per heavy atom. The van der Waals surface area contributed by atoms with Crippen LogP contribution in [0.15, 0.2) is 34.9 Å². The maximum atomic E-state index is 12.0. The van der Waals surface area contributed by atoms with E-state index in [-0.39, 0.29) is 11.8 Å². The van der Waals surface area contributed by atoms with Crippen molar-refractivity contribution >= 4 is 21.8 Å². The number of methoxy groups -OCH3 is 1. The molecule has 1 amide bonds. The number of para-hydroxylation sites is 1. The number of carbonyl (C=O) groups is 1. The third-order valence-corrected chi connectivity index (χ3v) is 3.66.